The van der Waals surface area contributed by atoms with Crippen LogP contribution in [0.5, 0.6) is 0 Å². The monoisotopic (exact) mass is 335 g/mol. The van der Waals surface area contributed by atoms with Crippen molar-refractivity contribution in [2.75, 3.05) is 11.9 Å². The van der Waals surface area contributed by atoms with Crippen LogP contribution in [-0.4, -0.2) is 28.1 Å². The van der Waals surface area contributed by atoms with Crippen molar-refractivity contribution in [2.45, 2.75) is 6.54 Å². The summed E-state index contributed by atoms with van der Waals surface area (Å²) in [4.78, 5) is 10.3. The molecule has 104 valence electrons. The van der Waals surface area contributed by atoms with E-state index in [1.807, 2.05) is 36.2 Å². The zero-order valence-corrected chi connectivity index (χ0v) is 12.4. The third-order valence-electron chi connectivity index (χ3n) is 2.73. The average Bonchev–Trinajstić information content (AvgIpc) is 2.49. The van der Waals surface area contributed by atoms with Crippen LogP contribution in [0.4, 0.5) is 5.82 Å². The van der Waals surface area contributed by atoms with Crippen LogP contribution in [0.15, 0.2) is 46.3 Å². The van der Waals surface area contributed by atoms with Crippen LogP contribution < -0.4 is 10.6 Å². The van der Waals surface area contributed by atoms with Crippen LogP contribution in [0.1, 0.15) is 11.3 Å². The summed E-state index contributed by atoms with van der Waals surface area (Å²) in [7, 11) is 1.93. The molecule has 0 amide bonds. The van der Waals surface area contributed by atoms with Crippen molar-refractivity contribution in [2.24, 2.45) is 10.9 Å². The maximum atomic E-state index is 8.56. The Morgan fingerprint density at radius 1 is 1.30 bits per heavy atom. The van der Waals surface area contributed by atoms with E-state index in [0.29, 0.717) is 18.1 Å². The van der Waals surface area contributed by atoms with Crippen LogP contribution in [-0.2, 0) is 6.54 Å². The lowest BCUT2D eigenvalue weighted by Gasteiger charge is -2.17. The van der Waals surface area contributed by atoms with E-state index in [0.717, 1.165) is 10.0 Å². The van der Waals surface area contributed by atoms with Gasteiger partial charge in [0.1, 0.15) is 11.5 Å². The van der Waals surface area contributed by atoms with Crippen molar-refractivity contribution in [3.8, 4) is 0 Å². The minimum absolute atomic E-state index is 0.0559. The van der Waals surface area contributed by atoms with Crippen LogP contribution >= 0.6 is 15.9 Å². The Morgan fingerprint density at radius 3 is 2.55 bits per heavy atom. The Kier molecular flexibility index (Phi) is 4.52. The lowest BCUT2D eigenvalue weighted by Crippen LogP contribution is -2.20. The first-order valence-corrected chi connectivity index (χ1v) is 6.65. The van der Waals surface area contributed by atoms with Gasteiger partial charge in [0, 0.05) is 18.1 Å². The largest absolute Gasteiger partial charge is 0.409 e. The molecule has 6 nitrogen and oxygen atoms in total. The van der Waals surface area contributed by atoms with Gasteiger partial charge in [0.25, 0.3) is 0 Å². The van der Waals surface area contributed by atoms with Crippen molar-refractivity contribution in [3.63, 3.8) is 0 Å². The second-order valence-corrected chi connectivity index (χ2v) is 5.14. The summed E-state index contributed by atoms with van der Waals surface area (Å²) in [5.74, 6) is 0.655. The number of nitrogens with two attached hydrogens (primary N) is 1. The van der Waals surface area contributed by atoms with E-state index in [1.54, 1.807) is 6.20 Å². The van der Waals surface area contributed by atoms with Gasteiger partial charge in [-0.2, -0.15) is 0 Å². The minimum atomic E-state index is -0.0559. The molecule has 7 heteroatoms. The molecule has 0 saturated heterocycles. The van der Waals surface area contributed by atoms with Crippen molar-refractivity contribution < 1.29 is 5.21 Å². The summed E-state index contributed by atoms with van der Waals surface area (Å²) >= 11 is 3.41. The molecular formula is C13H14BrN5O. The number of anilines is 1. The van der Waals surface area contributed by atoms with E-state index >= 15 is 0 Å². The highest BCUT2D eigenvalue weighted by molar-refractivity contribution is 9.10. The summed E-state index contributed by atoms with van der Waals surface area (Å²) in [6.45, 7) is 0.713. The van der Waals surface area contributed by atoms with E-state index in [1.165, 1.54) is 6.20 Å². The number of benzene rings is 1. The van der Waals surface area contributed by atoms with E-state index in [4.69, 9.17) is 10.9 Å². The summed E-state index contributed by atoms with van der Waals surface area (Å²) < 4.78 is 1.05. The number of halogens is 1. The van der Waals surface area contributed by atoms with E-state index in [-0.39, 0.29) is 5.84 Å². The van der Waals surface area contributed by atoms with E-state index in [9.17, 15) is 0 Å². The third kappa shape index (κ3) is 3.45. The molecule has 0 aliphatic heterocycles. The molecule has 0 aliphatic carbocycles. The Morgan fingerprint density at radius 2 is 2.00 bits per heavy atom. The molecule has 0 radical (unpaired) electrons. The molecule has 20 heavy (non-hydrogen) atoms. The van der Waals surface area contributed by atoms with Gasteiger partial charge in [-0.15, -0.1) is 0 Å². The highest BCUT2D eigenvalue weighted by Crippen LogP contribution is 2.14. The molecular weight excluding hydrogens is 322 g/mol. The molecule has 0 fully saturated rings. The quantitative estimate of drug-likeness (QED) is 0.386. The fraction of sp³-hybridized carbons (Fsp3) is 0.154. The van der Waals surface area contributed by atoms with Gasteiger partial charge in [-0.1, -0.05) is 33.2 Å². The Labute approximate surface area is 125 Å². The Hall–Kier alpha value is -2.15. The zero-order chi connectivity index (χ0) is 14.5. The number of amidine groups is 1. The molecule has 0 spiro atoms. The highest BCUT2D eigenvalue weighted by Gasteiger charge is 2.06. The average molecular weight is 336 g/mol. The molecule has 0 saturated carbocycles. The number of rotatable bonds is 4. The van der Waals surface area contributed by atoms with Gasteiger partial charge < -0.3 is 15.8 Å². The second kappa shape index (κ2) is 6.33. The first-order chi connectivity index (χ1) is 9.60. The number of nitrogens with zero attached hydrogens (tertiary/aromatic N) is 4. The van der Waals surface area contributed by atoms with Gasteiger partial charge >= 0.3 is 0 Å². The van der Waals surface area contributed by atoms with Crippen molar-refractivity contribution in [1.29, 1.82) is 0 Å². The number of hydrogen-bond acceptors (Lipinski definition) is 5. The SMILES string of the molecule is CN(Cc1ccc(Br)cc1)c1cnc(C(N)=NO)cn1. The van der Waals surface area contributed by atoms with Gasteiger partial charge in [-0.25, -0.2) is 9.97 Å². The van der Waals surface area contributed by atoms with Gasteiger partial charge in [0.05, 0.1) is 12.4 Å². The first kappa shape index (κ1) is 14.3. The molecule has 1 aromatic heterocycles. The minimum Gasteiger partial charge on any atom is -0.409 e. The van der Waals surface area contributed by atoms with Crippen LogP contribution in [0.2, 0.25) is 0 Å². The molecule has 0 bridgehead atoms. The topological polar surface area (TPSA) is 87.6 Å². The van der Waals surface area contributed by atoms with E-state index < -0.39 is 0 Å². The zero-order valence-electron chi connectivity index (χ0n) is 10.9. The number of oxime groups is 1. The second-order valence-electron chi connectivity index (χ2n) is 4.23. The summed E-state index contributed by atoms with van der Waals surface area (Å²) in [6.07, 6.45) is 3.06. The van der Waals surface area contributed by atoms with Crippen LogP contribution in [0.25, 0.3) is 0 Å². The summed E-state index contributed by atoms with van der Waals surface area (Å²) in [6, 6.07) is 8.07. The highest BCUT2D eigenvalue weighted by atomic mass is 79.9. The number of hydrogen-bond donors (Lipinski definition) is 2. The van der Waals surface area contributed by atoms with Gasteiger partial charge in [0.15, 0.2) is 5.84 Å². The Balaban J connectivity index is 2.09. The molecule has 1 heterocycles. The fourth-order valence-corrected chi connectivity index (χ4v) is 1.91. The lowest BCUT2D eigenvalue weighted by atomic mass is 10.2. The molecule has 2 rings (SSSR count). The molecule has 3 N–H and O–H groups in total. The van der Waals surface area contributed by atoms with Crippen LogP contribution in [0, 0.1) is 0 Å². The maximum absolute atomic E-state index is 8.56. The molecule has 0 aliphatic rings. The molecule has 2 aromatic rings. The summed E-state index contributed by atoms with van der Waals surface area (Å²) in [5.41, 5.74) is 6.94. The van der Waals surface area contributed by atoms with E-state index in [2.05, 4.69) is 31.1 Å². The smallest absolute Gasteiger partial charge is 0.190 e. The van der Waals surface area contributed by atoms with Crippen molar-refractivity contribution in [1.82, 2.24) is 9.97 Å². The summed E-state index contributed by atoms with van der Waals surface area (Å²) in [5, 5.41) is 11.4. The molecule has 0 atom stereocenters. The fourth-order valence-electron chi connectivity index (χ4n) is 1.65. The predicted octanol–water partition coefficient (Wildman–Crippen LogP) is 1.97. The normalized spacial score (nSPS) is 11.4. The standard InChI is InChI=1S/C13H14BrN5O/c1-19(8-9-2-4-10(14)5-3-9)12-7-16-11(6-17-12)13(15)18-20/h2-7,20H,8H2,1H3,(H2,15,18). The predicted molar refractivity (Wildman–Crippen MR) is 80.8 cm³/mol. The maximum Gasteiger partial charge on any atom is 0.190 e. The van der Waals surface area contributed by atoms with Gasteiger partial charge in [-0.05, 0) is 17.7 Å². The lowest BCUT2D eigenvalue weighted by molar-refractivity contribution is 0.318. The molecule has 1 aromatic carbocycles. The van der Waals surface area contributed by atoms with Gasteiger partial charge in [-0.3, -0.25) is 0 Å². The molecule has 0 unspecified atom stereocenters. The third-order valence-corrected chi connectivity index (χ3v) is 3.26. The van der Waals surface area contributed by atoms with Crippen LogP contribution in [0.3, 0.4) is 0 Å². The van der Waals surface area contributed by atoms with Crippen molar-refractivity contribution in [3.05, 3.63) is 52.4 Å². The van der Waals surface area contributed by atoms with Crippen molar-refractivity contribution >= 4 is 27.6 Å². The number of aromatic nitrogens is 2. The van der Waals surface area contributed by atoms with Gasteiger partial charge in [0.2, 0.25) is 0 Å². The Bertz CT molecular complexity index is 597. The first-order valence-electron chi connectivity index (χ1n) is 5.85.